The Bertz CT molecular complexity index is 217. The van der Waals surface area contributed by atoms with E-state index in [4.69, 9.17) is 0 Å². The van der Waals surface area contributed by atoms with Crippen molar-refractivity contribution in [3.05, 3.63) is 0 Å². The molecule has 0 aliphatic heterocycles. The predicted molar refractivity (Wildman–Crippen MR) is 62.7 cm³/mol. The van der Waals surface area contributed by atoms with Crippen LogP contribution in [0.15, 0.2) is 0 Å². The number of Topliss-reactive ketones (excluding diaryl/α,β-unsaturated/α-hetero) is 2. The maximum Gasteiger partial charge on any atom is 0.138 e. The fourth-order valence-corrected chi connectivity index (χ4v) is 1.56. The van der Waals surface area contributed by atoms with Crippen LogP contribution in [0.1, 0.15) is 53.9 Å². The highest BCUT2D eigenvalue weighted by atomic mass is 16.1. The number of hydrogen-bond acceptors (Lipinski definition) is 2. The summed E-state index contributed by atoms with van der Waals surface area (Å²) in [4.78, 5) is 23.1. The highest BCUT2D eigenvalue weighted by Gasteiger charge is 2.19. The Hall–Kier alpha value is -0.660. The SMILES string of the molecule is CC(C)CCC(=O)CC(C)C(=O)C(C)C. The standard InChI is InChI=1S/C13H24O2/c1-9(2)6-7-12(14)8-11(5)13(15)10(3)4/h9-11H,6-8H2,1-5H3. The third-order valence-corrected chi connectivity index (χ3v) is 2.59. The van der Waals surface area contributed by atoms with Crippen LogP contribution < -0.4 is 0 Å². The average Bonchev–Trinajstić information content (AvgIpc) is 2.13. The fraction of sp³-hybridized carbons (Fsp3) is 0.846. The van der Waals surface area contributed by atoms with Crippen LogP contribution in [-0.4, -0.2) is 11.6 Å². The monoisotopic (exact) mass is 212 g/mol. The Morgan fingerprint density at radius 1 is 1.00 bits per heavy atom. The van der Waals surface area contributed by atoms with Crippen LogP contribution in [0.5, 0.6) is 0 Å². The lowest BCUT2D eigenvalue weighted by Gasteiger charge is -2.12. The van der Waals surface area contributed by atoms with E-state index in [0.717, 1.165) is 6.42 Å². The van der Waals surface area contributed by atoms with Gasteiger partial charge in [0, 0.05) is 24.7 Å². The van der Waals surface area contributed by atoms with E-state index in [1.807, 2.05) is 20.8 Å². The molecule has 0 spiro atoms. The van der Waals surface area contributed by atoms with E-state index in [0.29, 0.717) is 18.8 Å². The molecule has 0 aliphatic carbocycles. The number of rotatable bonds is 7. The molecule has 0 N–H and O–H groups in total. The van der Waals surface area contributed by atoms with Gasteiger partial charge in [0.15, 0.2) is 0 Å². The van der Waals surface area contributed by atoms with Crippen molar-refractivity contribution in [1.82, 2.24) is 0 Å². The number of carbonyl (C=O) groups excluding carboxylic acids is 2. The second-order valence-electron chi connectivity index (χ2n) is 5.13. The lowest BCUT2D eigenvalue weighted by molar-refractivity contribution is -0.129. The maximum atomic E-state index is 11.6. The first kappa shape index (κ1) is 14.3. The molecule has 0 aliphatic rings. The van der Waals surface area contributed by atoms with Crippen LogP contribution >= 0.6 is 0 Å². The van der Waals surface area contributed by atoms with E-state index in [1.54, 1.807) is 0 Å². The van der Waals surface area contributed by atoms with Crippen molar-refractivity contribution in [2.45, 2.75) is 53.9 Å². The zero-order valence-electron chi connectivity index (χ0n) is 10.7. The summed E-state index contributed by atoms with van der Waals surface area (Å²) in [5, 5.41) is 0. The molecule has 0 heterocycles. The van der Waals surface area contributed by atoms with E-state index in [1.165, 1.54) is 0 Å². The van der Waals surface area contributed by atoms with Crippen LogP contribution in [0.25, 0.3) is 0 Å². The zero-order valence-corrected chi connectivity index (χ0v) is 10.7. The number of hydrogen-bond donors (Lipinski definition) is 0. The molecule has 0 amide bonds. The van der Waals surface area contributed by atoms with E-state index < -0.39 is 0 Å². The Kier molecular flexibility index (Phi) is 6.46. The van der Waals surface area contributed by atoms with Crippen LogP contribution in [0.3, 0.4) is 0 Å². The van der Waals surface area contributed by atoms with E-state index in [-0.39, 0.29) is 23.4 Å². The molecule has 2 nitrogen and oxygen atoms in total. The molecule has 0 aromatic heterocycles. The van der Waals surface area contributed by atoms with E-state index >= 15 is 0 Å². The Labute approximate surface area is 93.4 Å². The summed E-state index contributed by atoms with van der Waals surface area (Å²) in [5.41, 5.74) is 0. The summed E-state index contributed by atoms with van der Waals surface area (Å²) in [6.07, 6.45) is 1.97. The molecule has 88 valence electrons. The summed E-state index contributed by atoms with van der Waals surface area (Å²) in [7, 11) is 0. The van der Waals surface area contributed by atoms with Crippen molar-refractivity contribution in [2.75, 3.05) is 0 Å². The van der Waals surface area contributed by atoms with Gasteiger partial charge in [0.05, 0.1) is 0 Å². The molecule has 0 fully saturated rings. The molecule has 0 rings (SSSR count). The maximum absolute atomic E-state index is 11.6. The lowest BCUT2D eigenvalue weighted by atomic mass is 9.91. The minimum atomic E-state index is -0.107. The summed E-state index contributed by atoms with van der Waals surface area (Å²) in [6.45, 7) is 9.84. The largest absolute Gasteiger partial charge is 0.300 e. The molecule has 0 radical (unpaired) electrons. The molecule has 1 unspecified atom stereocenters. The Morgan fingerprint density at radius 3 is 1.93 bits per heavy atom. The van der Waals surface area contributed by atoms with Gasteiger partial charge >= 0.3 is 0 Å². The molecule has 0 aromatic rings. The highest BCUT2D eigenvalue weighted by molar-refractivity contribution is 5.88. The second-order valence-corrected chi connectivity index (χ2v) is 5.13. The van der Waals surface area contributed by atoms with E-state index in [2.05, 4.69) is 13.8 Å². The van der Waals surface area contributed by atoms with Crippen LogP contribution in [-0.2, 0) is 9.59 Å². The first-order valence-corrected chi connectivity index (χ1v) is 5.90. The van der Waals surface area contributed by atoms with Crippen molar-refractivity contribution in [3.8, 4) is 0 Å². The minimum Gasteiger partial charge on any atom is -0.300 e. The van der Waals surface area contributed by atoms with Gasteiger partial charge in [-0.05, 0) is 12.3 Å². The van der Waals surface area contributed by atoms with Crippen molar-refractivity contribution < 1.29 is 9.59 Å². The zero-order chi connectivity index (χ0) is 12.0. The highest BCUT2D eigenvalue weighted by Crippen LogP contribution is 2.14. The second kappa shape index (κ2) is 6.76. The molecule has 0 saturated carbocycles. The molecule has 1 atom stereocenters. The third-order valence-electron chi connectivity index (χ3n) is 2.59. The Balaban J connectivity index is 3.91. The van der Waals surface area contributed by atoms with Crippen molar-refractivity contribution in [3.63, 3.8) is 0 Å². The lowest BCUT2D eigenvalue weighted by Crippen LogP contribution is -2.20. The molecular formula is C13H24O2. The van der Waals surface area contributed by atoms with Gasteiger partial charge in [-0.1, -0.05) is 34.6 Å². The summed E-state index contributed by atoms with van der Waals surface area (Å²) in [6, 6.07) is 0. The molecule has 2 heteroatoms. The van der Waals surface area contributed by atoms with Gasteiger partial charge in [0.2, 0.25) is 0 Å². The molecule has 0 saturated heterocycles. The van der Waals surface area contributed by atoms with Crippen molar-refractivity contribution in [1.29, 1.82) is 0 Å². The fourth-order valence-electron chi connectivity index (χ4n) is 1.56. The summed E-state index contributed by atoms with van der Waals surface area (Å²) >= 11 is 0. The van der Waals surface area contributed by atoms with Gasteiger partial charge in [-0.25, -0.2) is 0 Å². The third kappa shape index (κ3) is 6.43. The quantitative estimate of drug-likeness (QED) is 0.649. The van der Waals surface area contributed by atoms with Crippen molar-refractivity contribution >= 4 is 11.6 Å². The van der Waals surface area contributed by atoms with Gasteiger partial charge in [-0.15, -0.1) is 0 Å². The molecular weight excluding hydrogens is 188 g/mol. The van der Waals surface area contributed by atoms with Crippen molar-refractivity contribution in [2.24, 2.45) is 17.8 Å². The first-order chi connectivity index (χ1) is 6.84. The Morgan fingerprint density at radius 2 is 1.53 bits per heavy atom. The van der Waals surface area contributed by atoms with Crippen LogP contribution in [0.2, 0.25) is 0 Å². The smallest absolute Gasteiger partial charge is 0.138 e. The molecule has 0 aromatic carbocycles. The molecule has 15 heavy (non-hydrogen) atoms. The van der Waals surface area contributed by atoms with Gasteiger partial charge in [0.25, 0.3) is 0 Å². The van der Waals surface area contributed by atoms with Gasteiger partial charge < -0.3 is 0 Å². The molecule has 0 bridgehead atoms. The van der Waals surface area contributed by atoms with Crippen LogP contribution in [0.4, 0.5) is 0 Å². The van der Waals surface area contributed by atoms with Gasteiger partial charge in [-0.3, -0.25) is 9.59 Å². The average molecular weight is 212 g/mol. The van der Waals surface area contributed by atoms with Crippen LogP contribution in [0, 0.1) is 17.8 Å². The predicted octanol–water partition coefficient (Wildman–Crippen LogP) is 3.24. The number of carbonyl (C=O) groups is 2. The minimum absolute atomic E-state index is 0.0397. The number of ketones is 2. The normalized spacial score (nSPS) is 13.3. The summed E-state index contributed by atoms with van der Waals surface area (Å²) < 4.78 is 0. The van der Waals surface area contributed by atoms with Gasteiger partial charge in [0.1, 0.15) is 11.6 Å². The first-order valence-electron chi connectivity index (χ1n) is 5.90. The van der Waals surface area contributed by atoms with E-state index in [9.17, 15) is 9.59 Å². The topological polar surface area (TPSA) is 34.1 Å². The van der Waals surface area contributed by atoms with Gasteiger partial charge in [-0.2, -0.15) is 0 Å². The summed E-state index contributed by atoms with van der Waals surface area (Å²) in [5.74, 6) is 0.922.